The summed E-state index contributed by atoms with van der Waals surface area (Å²) in [5, 5.41) is 0. The second-order valence-corrected chi connectivity index (χ2v) is 7.85. The summed E-state index contributed by atoms with van der Waals surface area (Å²) in [6.45, 7) is 4.86. The van der Waals surface area contributed by atoms with Crippen molar-refractivity contribution in [2.24, 2.45) is 0 Å². The summed E-state index contributed by atoms with van der Waals surface area (Å²) in [7, 11) is 0. The molecule has 0 atom stereocenters. The van der Waals surface area contributed by atoms with Crippen LogP contribution in [0.4, 0.5) is 11.4 Å². The van der Waals surface area contributed by atoms with Crippen LogP contribution in [0.3, 0.4) is 0 Å². The molecule has 0 unspecified atom stereocenters. The fraction of sp³-hybridized carbons (Fsp3) is 0.625. The molecule has 0 radical (unpaired) electrons. The highest BCUT2D eigenvalue weighted by atomic mass is 127. The lowest BCUT2D eigenvalue weighted by atomic mass is 10.1. The Labute approximate surface area is 144 Å². The van der Waals surface area contributed by atoms with E-state index in [0.717, 1.165) is 0 Å². The van der Waals surface area contributed by atoms with E-state index in [2.05, 4.69) is 60.5 Å². The van der Waals surface area contributed by atoms with E-state index in [1.54, 1.807) is 0 Å². The Bertz CT molecular complexity index is 427. The van der Waals surface area contributed by atoms with E-state index in [4.69, 9.17) is 0 Å². The Hall–Kier alpha value is 0.0300. The Kier molecular flexibility index (Phi) is 5.13. The molecule has 4 heteroatoms. The number of piperidine rings is 2. The molecule has 110 valence electrons. The highest BCUT2D eigenvalue weighted by Gasteiger charge is 2.20. The molecule has 1 aromatic rings. The third-order valence-electron chi connectivity index (χ3n) is 4.39. The van der Waals surface area contributed by atoms with Crippen molar-refractivity contribution in [3.63, 3.8) is 0 Å². The zero-order valence-electron chi connectivity index (χ0n) is 11.9. The van der Waals surface area contributed by atoms with Gasteiger partial charge in [0.2, 0.25) is 0 Å². The Morgan fingerprint density at radius 3 is 1.55 bits per heavy atom. The largest absolute Gasteiger partial charge is 0.371 e. The predicted octanol–water partition coefficient (Wildman–Crippen LogP) is 5.03. The van der Waals surface area contributed by atoms with Crippen LogP contribution in [-0.4, -0.2) is 26.2 Å². The number of halogens is 2. The molecular weight excluding hydrogens is 427 g/mol. The number of benzene rings is 1. The maximum atomic E-state index is 3.72. The van der Waals surface area contributed by atoms with Gasteiger partial charge in [-0.25, -0.2) is 0 Å². The molecule has 2 aliphatic heterocycles. The molecule has 2 aliphatic rings. The van der Waals surface area contributed by atoms with Gasteiger partial charge in [0.05, 0.1) is 14.9 Å². The van der Waals surface area contributed by atoms with Crippen LogP contribution >= 0.6 is 38.5 Å². The molecule has 2 nitrogen and oxygen atoms in total. The first-order valence-electron chi connectivity index (χ1n) is 7.74. The summed E-state index contributed by atoms with van der Waals surface area (Å²) in [6.07, 6.45) is 8.12. The molecule has 0 bridgehead atoms. The van der Waals surface area contributed by atoms with Gasteiger partial charge in [0.15, 0.2) is 0 Å². The Morgan fingerprint density at radius 1 is 0.750 bits per heavy atom. The number of anilines is 2. The molecule has 0 aromatic heterocycles. The van der Waals surface area contributed by atoms with Gasteiger partial charge < -0.3 is 9.80 Å². The van der Waals surface area contributed by atoms with Crippen LogP contribution in [0.25, 0.3) is 0 Å². The monoisotopic (exact) mass is 448 g/mol. The minimum absolute atomic E-state index is 1.21. The molecule has 2 heterocycles. The minimum Gasteiger partial charge on any atom is -0.371 e. The van der Waals surface area contributed by atoms with Gasteiger partial charge in [0, 0.05) is 30.7 Å². The normalized spacial score (nSPS) is 20.3. The van der Waals surface area contributed by atoms with Gasteiger partial charge in [-0.15, -0.1) is 0 Å². The van der Waals surface area contributed by atoms with E-state index in [1.807, 2.05) is 0 Å². The van der Waals surface area contributed by atoms with Gasteiger partial charge in [-0.3, -0.25) is 0 Å². The van der Waals surface area contributed by atoms with Crippen molar-refractivity contribution >= 4 is 49.9 Å². The Balaban J connectivity index is 1.91. The summed E-state index contributed by atoms with van der Waals surface area (Å²) in [5.41, 5.74) is 2.86. The molecular formula is C16H22BrIN2. The zero-order valence-corrected chi connectivity index (χ0v) is 15.6. The van der Waals surface area contributed by atoms with Crippen LogP contribution in [0.2, 0.25) is 0 Å². The SMILES string of the molecule is Brc1cc(N2CCCCC2)c(I)c(N2CCCCC2)c1. The average molecular weight is 449 g/mol. The predicted molar refractivity (Wildman–Crippen MR) is 99.0 cm³/mol. The summed E-state index contributed by atoms with van der Waals surface area (Å²) >= 11 is 6.28. The van der Waals surface area contributed by atoms with Crippen molar-refractivity contribution in [3.05, 3.63) is 20.2 Å². The van der Waals surface area contributed by atoms with Crippen molar-refractivity contribution in [1.82, 2.24) is 0 Å². The molecule has 20 heavy (non-hydrogen) atoms. The second-order valence-electron chi connectivity index (χ2n) is 5.85. The molecule has 0 spiro atoms. The molecule has 0 saturated carbocycles. The van der Waals surface area contributed by atoms with Gasteiger partial charge in [0.25, 0.3) is 0 Å². The summed E-state index contributed by atoms with van der Waals surface area (Å²) in [5.74, 6) is 0. The Morgan fingerprint density at radius 2 is 1.15 bits per heavy atom. The van der Waals surface area contributed by atoms with Gasteiger partial charge in [-0.2, -0.15) is 0 Å². The number of hydrogen-bond acceptors (Lipinski definition) is 2. The van der Waals surface area contributed by atoms with E-state index in [-0.39, 0.29) is 0 Å². The number of rotatable bonds is 2. The van der Waals surface area contributed by atoms with Gasteiger partial charge >= 0.3 is 0 Å². The summed E-state index contributed by atoms with van der Waals surface area (Å²) in [4.78, 5) is 5.15. The third kappa shape index (κ3) is 3.26. The van der Waals surface area contributed by atoms with Crippen LogP contribution in [0.5, 0.6) is 0 Å². The maximum absolute atomic E-state index is 3.72. The van der Waals surface area contributed by atoms with Crippen LogP contribution in [-0.2, 0) is 0 Å². The standard InChI is InChI=1S/C16H22BrIN2/c17-13-11-14(19-7-3-1-4-8-19)16(18)15(12-13)20-9-5-2-6-10-20/h11-12H,1-10H2. The molecule has 3 rings (SSSR count). The van der Waals surface area contributed by atoms with Crippen LogP contribution in [0.15, 0.2) is 16.6 Å². The van der Waals surface area contributed by atoms with Gasteiger partial charge in [-0.1, -0.05) is 15.9 Å². The van der Waals surface area contributed by atoms with Crippen molar-refractivity contribution in [3.8, 4) is 0 Å². The van der Waals surface area contributed by atoms with E-state index >= 15 is 0 Å². The number of hydrogen-bond donors (Lipinski definition) is 0. The van der Waals surface area contributed by atoms with Crippen molar-refractivity contribution in [1.29, 1.82) is 0 Å². The summed E-state index contributed by atoms with van der Waals surface area (Å²) < 4.78 is 2.66. The first-order chi connectivity index (χ1) is 9.75. The molecule has 1 aromatic carbocycles. The fourth-order valence-corrected chi connectivity index (χ4v) is 4.72. The van der Waals surface area contributed by atoms with E-state index in [0.29, 0.717) is 0 Å². The highest BCUT2D eigenvalue weighted by molar-refractivity contribution is 14.1. The highest BCUT2D eigenvalue weighted by Crippen LogP contribution is 2.37. The topological polar surface area (TPSA) is 6.48 Å². The number of nitrogens with zero attached hydrogens (tertiary/aromatic N) is 2. The molecule has 0 amide bonds. The van der Waals surface area contributed by atoms with Crippen molar-refractivity contribution in [2.45, 2.75) is 38.5 Å². The minimum atomic E-state index is 1.21. The smallest absolute Gasteiger partial charge is 0.0598 e. The molecule has 2 saturated heterocycles. The van der Waals surface area contributed by atoms with Crippen LogP contribution in [0.1, 0.15) is 38.5 Å². The van der Waals surface area contributed by atoms with Gasteiger partial charge in [-0.05, 0) is 73.2 Å². The van der Waals surface area contributed by atoms with E-state index < -0.39 is 0 Å². The quantitative estimate of drug-likeness (QED) is 0.585. The zero-order chi connectivity index (χ0) is 13.9. The first-order valence-corrected chi connectivity index (χ1v) is 9.62. The fourth-order valence-electron chi connectivity index (χ4n) is 3.29. The lowest BCUT2D eigenvalue weighted by molar-refractivity contribution is 0.572. The van der Waals surface area contributed by atoms with Crippen LogP contribution < -0.4 is 9.80 Å². The second kappa shape index (κ2) is 6.86. The van der Waals surface area contributed by atoms with Crippen LogP contribution in [0, 0.1) is 3.57 Å². The third-order valence-corrected chi connectivity index (χ3v) is 5.96. The van der Waals surface area contributed by atoms with Crippen molar-refractivity contribution < 1.29 is 0 Å². The van der Waals surface area contributed by atoms with E-state index in [1.165, 1.54) is 84.1 Å². The maximum Gasteiger partial charge on any atom is 0.0598 e. The van der Waals surface area contributed by atoms with Crippen molar-refractivity contribution in [2.75, 3.05) is 36.0 Å². The lowest BCUT2D eigenvalue weighted by Gasteiger charge is -2.34. The summed E-state index contributed by atoms with van der Waals surface area (Å²) in [6, 6.07) is 4.61. The van der Waals surface area contributed by atoms with Gasteiger partial charge in [0.1, 0.15) is 0 Å². The average Bonchev–Trinajstić information content (AvgIpc) is 2.51. The molecule has 0 N–H and O–H groups in total. The molecule has 2 fully saturated rings. The molecule has 0 aliphatic carbocycles. The van der Waals surface area contributed by atoms with E-state index in [9.17, 15) is 0 Å². The first kappa shape index (κ1) is 14.9. The lowest BCUT2D eigenvalue weighted by Crippen LogP contribution is -2.32.